The van der Waals surface area contributed by atoms with E-state index in [1.807, 2.05) is 0 Å². The second kappa shape index (κ2) is 8.82. The van der Waals surface area contributed by atoms with Crippen LogP contribution in [0.4, 0.5) is 0 Å². The van der Waals surface area contributed by atoms with Gasteiger partial charge in [0.2, 0.25) is 0 Å². The van der Waals surface area contributed by atoms with Crippen molar-refractivity contribution in [1.29, 1.82) is 0 Å². The highest BCUT2D eigenvalue weighted by Gasteiger charge is 2.41. The second-order valence-corrected chi connectivity index (χ2v) is 6.70. The molecule has 3 rings (SSSR count). The first kappa shape index (κ1) is 19.2. The van der Waals surface area contributed by atoms with Crippen LogP contribution in [0, 0.1) is 0 Å². The SMILES string of the molecule is CC1CN(C(N)=NCC2COC3(CCCCCC3)O2)CCO1.I. The molecule has 3 fully saturated rings. The van der Waals surface area contributed by atoms with Crippen molar-refractivity contribution in [2.24, 2.45) is 10.7 Å². The summed E-state index contributed by atoms with van der Waals surface area (Å²) in [5.74, 6) is 0.263. The molecule has 1 saturated carbocycles. The molecule has 2 saturated heterocycles. The summed E-state index contributed by atoms with van der Waals surface area (Å²) < 4.78 is 17.7. The summed E-state index contributed by atoms with van der Waals surface area (Å²) in [6.45, 7) is 5.61. The Labute approximate surface area is 156 Å². The van der Waals surface area contributed by atoms with E-state index in [0.29, 0.717) is 25.7 Å². The lowest BCUT2D eigenvalue weighted by molar-refractivity contribution is -0.174. The molecule has 1 aliphatic carbocycles. The number of aliphatic imine (C=N–C) groups is 1. The van der Waals surface area contributed by atoms with Crippen molar-refractivity contribution < 1.29 is 14.2 Å². The first-order valence-corrected chi connectivity index (χ1v) is 8.65. The van der Waals surface area contributed by atoms with Gasteiger partial charge in [-0.05, 0) is 19.8 Å². The molecule has 2 aliphatic heterocycles. The van der Waals surface area contributed by atoms with Crippen molar-refractivity contribution in [1.82, 2.24) is 4.90 Å². The van der Waals surface area contributed by atoms with Crippen LogP contribution in [0.5, 0.6) is 0 Å². The van der Waals surface area contributed by atoms with Gasteiger partial charge in [0, 0.05) is 25.9 Å². The number of guanidine groups is 1. The van der Waals surface area contributed by atoms with Crippen LogP contribution in [0.25, 0.3) is 0 Å². The molecule has 6 nitrogen and oxygen atoms in total. The molecule has 2 heterocycles. The maximum atomic E-state index is 6.20. The average Bonchev–Trinajstić information content (AvgIpc) is 2.76. The molecule has 1 spiro atoms. The van der Waals surface area contributed by atoms with Gasteiger partial charge in [-0.2, -0.15) is 0 Å². The van der Waals surface area contributed by atoms with E-state index in [9.17, 15) is 0 Å². The molecule has 0 radical (unpaired) electrons. The molecular weight excluding hydrogens is 409 g/mol. The number of hydrogen-bond acceptors (Lipinski definition) is 4. The molecule has 0 amide bonds. The first-order valence-electron chi connectivity index (χ1n) is 8.65. The Morgan fingerprint density at radius 3 is 2.70 bits per heavy atom. The Hall–Kier alpha value is -0.120. The Balaban J connectivity index is 0.00000192. The third-order valence-electron chi connectivity index (χ3n) is 4.80. The number of hydrogen-bond donors (Lipinski definition) is 1. The van der Waals surface area contributed by atoms with Crippen molar-refractivity contribution in [2.75, 3.05) is 32.8 Å². The predicted octanol–water partition coefficient (Wildman–Crippen LogP) is 2.11. The highest BCUT2D eigenvalue weighted by atomic mass is 127. The van der Waals surface area contributed by atoms with Gasteiger partial charge in [0.05, 0.1) is 25.9 Å². The van der Waals surface area contributed by atoms with E-state index in [2.05, 4.69) is 16.8 Å². The fraction of sp³-hybridized carbons (Fsp3) is 0.938. The fourth-order valence-corrected chi connectivity index (χ4v) is 3.56. The highest BCUT2D eigenvalue weighted by Crippen LogP contribution is 2.36. The van der Waals surface area contributed by atoms with Crippen LogP contribution in [0.1, 0.15) is 45.4 Å². The minimum atomic E-state index is -0.334. The van der Waals surface area contributed by atoms with Crippen LogP contribution >= 0.6 is 24.0 Å². The predicted molar refractivity (Wildman–Crippen MR) is 100 cm³/mol. The van der Waals surface area contributed by atoms with Gasteiger partial charge in [-0.25, -0.2) is 0 Å². The van der Waals surface area contributed by atoms with E-state index >= 15 is 0 Å². The van der Waals surface area contributed by atoms with Gasteiger partial charge in [0.15, 0.2) is 11.7 Å². The molecule has 134 valence electrons. The molecule has 0 aromatic carbocycles. The lowest BCUT2D eigenvalue weighted by Crippen LogP contribution is -2.48. The van der Waals surface area contributed by atoms with Crippen molar-refractivity contribution in [3.63, 3.8) is 0 Å². The van der Waals surface area contributed by atoms with Crippen LogP contribution < -0.4 is 5.73 Å². The van der Waals surface area contributed by atoms with Crippen molar-refractivity contribution in [3.05, 3.63) is 0 Å². The fourth-order valence-electron chi connectivity index (χ4n) is 3.56. The Morgan fingerprint density at radius 1 is 1.26 bits per heavy atom. The molecule has 2 unspecified atom stereocenters. The molecule has 0 bridgehead atoms. The number of nitrogens with two attached hydrogens (primary N) is 1. The number of halogens is 1. The van der Waals surface area contributed by atoms with Gasteiger partial charge in [0.1, 0.15) is 6.10 Å². The van der Waals surface area contributed by atoms with Gasteiger partial charge < -0.3 is 24.8 Å². The minimum absolute atomic E-state index is 0. The first-order chi connectivity index (χ1) is 10.7. The van der Waals surface area contributed by atoms with Crippen molar-refractivity contribution >= 4 is 29.9 Å². The molecule has 7 heteroatoms. The third-order valence-corrected chi connectivity index (χ3v) is 4.80. The Morgan fingerprint density at radius 2 is 2.00 bits per heavy atom. The molecule has 2 N–H and O–H groups in total. The smallest absolute Gasteiger partial charge is 0.191 e. The zero-order valence-electron chi connectivity index (χ0n) is 14.0. The summed E-state index contributed by atoms with van der Waals surface area (Å²) in [5.41, 5.74) is 6.11. The van der Waals surface area contributed by atoms with Gasteiger partial charge in [-0.15, -0.1) is 24.0 Å². The summed E-state index contributed by atoms with van der Waals surface area (Å²) in [4.78, 5) is 6.61. The maximum absolute atomic E-state index is 6.20. The number of morpholine rings is 1. The van der Waals surface area contributed by atoms with E-state index < -0.39 is 0 Å². The largest absolute Gasteiger partial charge is 0.375 e. The summed E-state index contributed by atoms with van der Waals surface area (Å²) >= 11 is 0. The van der Waals surface area contributed by atoms with Crippen molar-refractivity contribution in [2.45, 2.75) is 63.4 Å². The van der Waals surface area contributed by atoms with Crippen molar-refractivity contribution in [3.8, 4) is 0 Å². The van der Waals surface area contributed by atoms with E-state index in [0.717, 1.165) is 25.9 Å². The number of ether oxygens (including phenoxy) is 3. The van der Waals surface area contributed by atoms with Crippen LogP contribution in [-0.2, 0) is 14.2 Å². The highest BCUT2D eigenvalue weighted by molar-refractivity contribution is 14.0. The maximum Gasteiger partial charge on any atom is 0.191 e. The molecular formula is C16H30IN3O3. The average molecular weight is 439 g/mol. The van der Waals surface area contributed by atoms with E-state index in [-0.39, 0.29) is 42.0 Å². The van der Waals surface area contributed by atoms with Crippen LogP contribution in [-0.4, -0.2) is 61.7 Å². The Bertz CT molecular complexity index is 400. The number of nitrogens with zero attached hydrogens (tertiary/aromatic N) is 2. The topological polar surface area (TPSA) is 69.3 Å². The minimum Gasteiger partial charge on any atom is -0.375 e. The molecule has 0 aromatic heterocycles. The lowest BCUT2D eigenvalue weighted by atomic mass is 10.1. The summed E-state index contributed by atoms with van der Waals surface area (Å²) in [5, 5.41) is 0. The standard InChI is InChI=1S/C16H29N3O3.HI/c1-13-11-19(8-9-20-13)15(17)18-10-14-12-21-16(22-14)6-4-2-3-5-7-16;/h13-14H,2-12H2,1H3,(H2,17,18);1H. The number of rotatable bonds is 2. The summed E-state index contributed by atoms with van der Waals surface area (Å²) in [7, 11) is 0. The summed E-state index contributed by atoms with van der Waals surface area (Å²) in [6, 6.07) is 0. The van der Waals surface area contributed by atoms with Gasteiger partial charge in [-0.3, -0.25) is 4.99 Å². The normalized spacial score (nSPS) is 31.7. The molecule has 2 atom stereocenters. The van der Waals surface area contributed by atoms with Gasteiger partial charge in [-0.1, -0.05) is 12.8 Å². The monoisotopic (exact) mass is 439 g/mol. The zero-order chi connectivity index (χ0) is 15.4. The molecule has 0 aromatic rings. The van der Waals surface area contributed by atoms with Crippen LogP contribution in [0.15, 0.2) is 4.99 Å². The second-order valence-electron chi connectivity index (χ2n) is 6.70. The van der Waals surface area contributed by atoms with E-state index in [1.54, 1.807) is 0 Å². The quantitative estimate of drug-likeness (QED) is 0.406. The Kier molecular flexibility index (Phi) is 7.37. The molecule has 23 heavy (non-hydrogen) atoms. The van der Waals surface area contributed by atoms with Crippen LogP contribution in [0.3, 0.4) is 0 Å². The lowest BCUT2D eigenvalue weighted by Gasteiger charge is -2.32. The van der Waals surface area contributed by atoms with Gasteiger partial charge in [0.25, 0.3) is 0 Å². The van der Waals surface area contributed by atoms with Crippen LogP contribution in [0.2, 0.25) is 0 Å². The van der Waals surface area contributed by atoms with E-state index in [4.69, 9.17) is 19.9 Å². The molecule has 3 aliphatic rings. The summed E-state index contributed by atoms with van der Waals surface area (Å²) in [6.07, 6.45) is 7.26. The third kappa shape index (κ3) is 5.17. The van der Waals surface area contributed by atoms with E-state index in [1.165, 1.54) is 25.7 Å². The zero-order valence-corrected chi connectivity index (χ0v) is 16.4. The van der Waals surface area contributed by atoms with Gasteiger partial charge >= 0.3 is 0 Å².